The molecule has 1 aliphatic heterocycles. The van der Waals surface area contributed by atoms with Gasteiger partial charge in [-0.3, -0.25) is 9.69 Å². The number of carbonyl (C=O) groups is 3. The Morgan fingerprint density at radius 1 is 1.39 bits per heavy atom. The van der Waals surface area contributed by atoms with Crippen molar-refractivity contribution in [2.75, 3.05) is 19.7 Å². The zero-order valence-electron chi connectivity index (χ0n) is 11.6. The molecule has 1 fully saturated rings. The predicted molar refractivity (Wildman–Crippen MR) is 78.2 cm³/mol. The number of halogens is 1. The lowest BCUT2D eigenvalue weighted by Crippen LogP contribution is -2.37. The highest BCUT2D eigenvalue weighted by molar-refractivity contribution is 7.89. The van der Waals surface area contributed by atoms with Crippen molar-refractivity contribution in [3.63, 3.8) is 0 Å². The molecule has 3 N–H and O–H groups in total. The van der Waals surface area contributed by atoms with Crippen LogP contribution in [0.25, 0.3) is 0 Å². The molecule has 0 saturated carbocycles. The van der Waals surface area contributed by atoms with Gasteiger partial charge in [-0.15, -0.1) is 0 Å². The minimum absolute atomic E-state index is 0.0613. The summed E-state index contributed by atoms with van der Waals surface area (Å²) in [6, 6.07) is 2.69. The number of imide groups is 1. The third-order valence-corrected chi connectivity index (χ3v) is 4.21. The zero-order valence-corrected chi connectivity index (χ0v) is 13.2. The number of primary sulfonamides is 1. The molecule has 1 heterocycles. The summed E-state index contributed by atoms with van der Waals surface area (Å²) in [6.45, 7) is -0.181. The maximum Gasteiger partial charge on any atom is 0.340 e. The van der Waals surface area contributed by atoms with Gasteiger partial charge in [0.1, 0.15) is 0 Å². The lowest BCUT2D eigenvalue weighted by molar-refractivity contribution is -0.130. The number of amides is 3. The first-order chi connectivity index (χ1) is 10.7. The van der Waals surface area contributed by atoms with Crippen LogP contribution in [0.5, 0.6) is 0 Å². The van der Waals surface area contributed by atoms with Crippen LogP contribution in [0, 0.1) is 0 Å². The SMILES string of the molecule is NS(=O)(=O)c1ccc(Cl)c(C(=O)OCC(=O)N2CCNC2=O)c1. The van der Waals surface area contributed by atoms with Crippen LogP contribution in [0.3, 0.4) is 0 Å². The fourth-order valence-electron chi connectivity index (χ4n) is 1.83. The topological polar surface area (TPSA) is 136 Å². The van der Waals surface area contributed by atoms with Crippen LogP contribution < -0.4 is 10.5 Å². The summed E-state index contributed by atoms with van der Waals surface area (Å²) < 4.78 is 27.3. The van der Waals surface area contributed by atoms with E-state index in [0.717, 1.165) is 17.0 Å². The standard InChI is InChI=1S/C12H12ClN3O6S/c13-9-2-1-7(23(14,20)21)5-8(9)11(18)22-6-10(17)16-4-3-15-12(16)19/h1-2,5H,3-4,6H2,(H,15,19)(H2,14,20,21). The van der Waals surface area contributed by atoms with Crippen LogP contribution >= 0.6 is 11.6 Å². The van der Waals surface area contributed by atoms with E-state index in [4.69, 9.17) is 21.5 Å². The van der Waals surface area contributed by atoms with E-state index in [1.165, 1.54) is 6.07 Å². The van der Waals surface area contributed by atoms with Gasteiger partial charge in [-0.25, -0.2) is 23.1 Å². The molecule has 23 heavy (non-hydrogen) atoms. The second-order valence-corrected chi connectivity index (χ2v) is 6.51. The minimum atomic E-state index is -4.02. The summed E-state index contributed by atoms with van der Waals surface area (Å²) >= 11 is 5.81. The molecule has 3 amide bonds. The first kappa shape index (κ1) is 17.2. The predicted octanol–water partition coefficient (Wildman–Crippen LogP) is -0.304. The molecule has 1 aromatic carbocycles. The van der Waals surface area contributed by atoms with Crippen molar-refractivity contribution in [2.45, 2.75) is 4.90 Å². The molecule has 2 rings (SSSR count). The Labute approximate surface area is 136 Å². The number of benzene rings is 1. The number of nitrogens with zero attached hydrogens (tertiary/aromatic N) is 1. The molecule has 0 aliphatic carbocycles. The van der Waals surface area contributed by atoms with E-state index in [9.17, 15) is 22.8 Å². The fraction of sp³-hybridized carbons (Fsp3) is 0.250. The molecule has 0 atom stereocenters. The zero-order chi connectivity index (χ0) is 17.2. The second-order valence-electron chi connectivity index (χ2n) is 4.54. The van der Waals surface area contributed by atoms with Crippen molar-refractivity contribution in [3.05, 3.63) is 28.8 Å². The van der Waals surface area contributed by atoms with E-state index < -0.39 is 34.5 Å². The van der Waals surface area contributed by atoms with Crippen LogP contribution in [-0.4, -0.2) is 50.9 Å². The van der Waals surface area contributed by atoms with Gasteiger partial charge in [0.25, 0.3) is 5.91 Å². The van der Waals surface area contributed by atoms with E-state index in [-0.39, 0.29) is 22.0 Å². The van der Waals surface area contributed by atoms with Gasteiger partial charge < -0.3 is 10.1 Å². The van der Waals surface area contributed by atoms with Crippen LogP contribution in [-0.2, 0) is 19.6 Å². The molecular formula is C12H12ClN3O6S. The van der Waals surface area contributed by atoms with Gasteiger partial charge in [0, 0.05) is 13.1 Å². The van der Waals surface area contributed by atoms with Gasteiger partial charge in [0.15, 0.2) is 6.61 Å². The number of carbonyl (C=O) groups excluding carboxylic acids is 3. The molecule has 1 aliphatic rings. The molecule has 0 radical (unpaired) electrons. The maximum atomic E-state index is 11.9. The maximum absolute atomic E-state index is 11.9. The Morgan fingerprint density at radius 3 is 2.65 bits per heavy atom. The van der Waals surface area contributed by atoms with Gasteiger partial charge in [-0.2, -0.15) is 0 Å². The smallest absolute Gasteiger partial charge is 0.340 e. The van der Waals surface area contributed by atoms with Gasteiger partial charge in [0.05, 0.1) is 15.5 Å². The van der Waals surface area contributed by atoms with Gasteiger partial charge in [0.2, 0.25) is 10.0 Å². The molecule has 1 aromatic rings. The third kappa shape index (κ3) is 3.97. The molecule has 124 valence electrons. The van der Waals surface area contributed by atoms with Crippen molar-refractivity contribution >= 4 is 39.5 Å². The number of rotatable bonds is 4. The summed E-state index contributed by atoms with van der Waals surface area (Å²) in [5.74, 6) is -1.71. The lowest BCUT2D eigenvalue weighted by atomic mass is 10.2. The first-order valence-corrected chi connectivity index (χ1v) is 8.20. The Bertz CT molecular complexity index is 779. The van der Waals surface area contributed by atoms with E-state index >= 15 is 0 Å². The summed E-state index contributed by atoms with van der Waals surface area (Å²) in [4.78, 5) is 35.5. The Morgan fingerprint density at radius 2 is 2.09 bits per heavy atom. The molecular weight excluding hydrogens is 350 g/mol. The molecule has 11 heteroatoms. The molecule has 0 aromatic heterocycles. The van der Waals surface area contributed by atoms with Crippen LogP contribution in [0.1, 0.15) is 10.4 Å². The number of hydrogen-bond acceptors (Lipinski definition) is 6. The Hall–Kier alpha value is -2.17. The number of urea groups is 1. The van der Waals surface area contributed by atoms with E-state index in [2.05, 4.69) is 5.32 Å². The minimum Gasteiger partial charge on any atom is -0.452 e. The normalized spacial score (nSPS) is 14.5. The molecule has 1 saturated heterocycles. The number of ether oxygens (including phenoxy) is 1. The summed E-state index contributed by atoms with van der Waals surface area (Å²) in [5.41, 5.74) is -0.253. The monoisotopic (exact) mass is 361 g/mol. The summed E-state index contributed by atoms with van der Waals surface area (Å²) in [7, 11) is -4.02. The van der Waals surface area contributed by atoms with Crippen molar-refractivity contribution in [2.24, 2.45) is 5.14 Å². The average molecular weight is 362 g/mol. The molecule has 0 unspecified atom stereocenters. The highest BCUT2D eigenvalue weighted by Crippen LogP contribution is 2.20. The van der Waals surface area contributed by atoms with Gasteiger partial charge in [-0.05, 0) is 18.2 Å². The summed E-state index contributed by atoms with van der Waals surface area (Å²) in [5, 5.41) is 7.33. The Balaban J connectivity index is 2.09. The molecule has 0 spiro atoms. The van der Waals surface area contributed by atoms with Crippen LogP contribution in [0.15, 0.2) is 23.1 Å². The number of sulfonamides is 1. The fourth-order valence-corrected chi connectivity index (χ4v) is 2.56. The quantitative estimate of drug-likeness (QED) is 0.706. The Kier molecular flexibility index (Phi) is 4.88. The number of nitrogens with one attached hydrogen (secondary N) is 1. The van der Waals surface area contributed by atoms with E-state index in [1.807, 2.05) is 0 Å². The molecule has 9 nitrogen and oxygen atoms in total. The summed E-state index contributed by atoms with van der Waals surface area (Å²) in [6.07, 6.45) is 0. The first-order valence-electron chi connectivity index (χ1n) is 6.28. The van der Waals surface area contributed by atoms with Crippen molar-refractivity contribution in [1.29, 1.82) is 0 Å². The van der Waals surface area contributed by atoms with Crippen LogP contribution in [0.2, 0.25) is 5.02 Å². The van der Waals surface area contributed by atoms with E-state index in [1.54, 1.807) is 0 Å². The number of hydrogen-bond donors (Lipinski definition) is 2. The van der Waals surface area contributed by atoms with Gasteiger partial charge in [-0.1, -0.05) is 11.6 Å². The number of nitrogens with two attached hydrogens (primary N) is 1. The second kappa shape index (κ2) is 6.52. The van der Waals surface area contributed by atoms with Crippen LogP contribution in [0.4, 0.5) is 4.79 Å². The van der Waals surface area contributed by atoms with Crippen molar-refractivity contribution in [1.82, 2.24) is 10.2 Å². The van der Waals surface area contributed by atoms with E-state index in [0.29, 0.717) is 6.54 Å². The largest absolute Gasteiger partial charge is 0.452 e. The lowest BCUT2D eigenvalue weighted by Gasteiger charge is -2.12. The highest BCUT2D eigenvalue weighted by atomic mass is 35.5. The van der Waals surface area contributed by atoms with Gasteiger partial charge >= 0.3 is 12.0 Å². The highest BCUT2D eigenvalue weighted by Gasteiger charge is 2.27. The molecule has 0 bridgehead atoms. The average Bonchev–Trinajstić information content (AvgIpc) is 2.90. The number of esters is 1. The third-order valence-electron chi connectivity index (χ3n) is 2.97. The van der Waals surface area contributed by atoms with Crippen molar-refractivity contribution in [3.8, 4) is 0 Å². The van der Waals surface area contributed by atoms with Crippen molar-refractivity contribution < 1.29 is 27.5 Å².